The summed E-state index contributed by atoms with van der Waals surface area (Å²) in [6.07, 6.45) is 5.32. The molecule has 1 aromatic heterocycles. The van der Waals surface area contributed by atoms with Crippen molar-refractivity contribution in [2.75, 3.05) is 13.2 Å². The minimum Gasteiger partial charge on any atom is -0.353 e. The van der Waals surface area contributed by atoms with Gasteiger partial charge in [0.25, 0.3) is 0 Å². The Kier molecular flexibility index (Phi) is 4.49. The monoisotopic (exact) mass is 184 g/mol. The van der Waals surface area contributed by atoms with Gasteiger partial charge in [-0.3, -0.25) is 0 Å². The summed E-state index contributed by atoms with van der Waals surface area (Å²) < 4.78 is 12.6. The number of rotatable bonds is 6. The molecule has 0 N–H and O–H groups in total. The quantitative estimate of drug-likeness (QED) is 0.625. The van der Waals surface area contributed by atoms with E-state index in [9.17, 15) is 0 Å². The zero-order chi connectivity index (χ0) is 9.52. The van der Waals surface area contributed by atoms with Crippen LogP contribution in [0.5, 0.6) is 0 Å². The molecule has 1 aromatic rings. The molecule has 4 heteroatoms. The molecule has 1 atom stereocenters. The van der Waals surface area contributed by atoms with Gasteiger partial charge in [0.05, 0.1) is 12.9 Å². The van der Waals surface area contributed by atoms with Crippen molar-refractivity contribution in [2.24, 2.45) is 0 Å². The molecule has 0 amide bonds. The smallest absolute Gasteiger partial charge is 0.154 e. The zero-order valence-electron chi connectivity index (χ0n) is 8.14. The SMILES string of the molecule is CCOC(C)OCCn1ccnc1. The van der Waals surface area contributed by atoms with Gasteiger partial charge >= 0.3 is 0 Å². The average Bonchev–Trinajstić information content (AvgIpc) is 2.57. The summed E-state index contributed by atoms with van der Waals surface area (Å²) >= 11 is 0. The number of hydrogen-bond acceptors (Lipinski definition) is 3. The summed E-state index contributed by atoms with van der Waals surface area (Å²) in [5.74, 6) is 0. The Morgan fingerprint density at radius 3 is 2.92 bits per heavy atom. The molecular weight excluding hydrogens is 168 g/mol. The number of aromatic nitrogens is 2. The van der Waals surface area contributed by atoms with E-state index in [1.165, 1.54) is 0 Å². The van der Waals surface area contributed by atoms with Crippen LogP contribution in [0.15, 0.2) is 18.7 Å². The van der Waals surface area contributed by atoms with Crippen molar-refractivity contribution in [3.8, 4) is 0 Å². The van der Waals surface area contributed by atoms with E-state index in [1.54, 1.807) is 12.5 Å². The second-order valence-corrected chi connectivity index (χ2v) is 2.69. The highest BCUT2D eigenvalue weighted by Crippen LogP contribution is 1.94. The highest BCUT2D eigenvalue weighted by atomic mass is 16.7. The molecule has 0 saturated heterocycles. The van der Waals surface area contributed by atoms with Crippen LogP contribution < -0.4 is 0 Å². The standard InChI is InChI=1S/C9H16N2O2/c1-3-12-9(2)13-7-6-11-5-4-10-8-11/h4-5,8-9H,3,6-7H2,1-2H3. The number of hydrogen-bond donors (Lipinski definition) is 0. The number of ether oxygens (including phenoxy) is 2. The molecule has 1 rings (SSSR count). The van der Waals surface area contributed by atoms with Gasteiger partial charge in [-0.2, -0.15) is 0 Å². The number of imidazole rings is 1. The Bertz CT molecular complexity index is 211. The predicted molar refractivity (Wildman–Crippen MR) is 49.3 cm³/mol. The van der Waals surface area contributed by atoms with Gasteiger partial charge in [0, 0.05) is 25.5 Å². The van der Waals surface area contributed by atoms with Crippen LogP contribution in [0.2, 0.25) is 0 Å². The Hall–Kier alpha value is -0.870. The molecule has 4 nitrogen and oxygen atoms in total. The van der Waals surface area contributed by atoms with Crippen molar-refractivity contribution in [3.05, 3.63) is 18.7 Å². The molecule has 0 aliphatic heterocycles. The van der Waals surface area contributed by atoms with Crippen LogP contribution in [0.1, 0.15) is 13.8 Å². The summed E-state index contributed by atoms with van der Waals surface area (Å²) in [4.78, 5) is 3.93. The third-order valence-corrected chi connectivity index (χ3v) is 1.66. The van der Waals surface area contributed by atoms with Gasteiger partial charge in [-0.05, 0) is 13.8 Å². The predicted octanol–water partition coefficient (Wildman–Crippen LogP) is 1.28. The molecule has 0 saturated carbocycles. The molecule has 0 radical (unpaired) electrons. The first-order valence-electron chi connectivity index (χ1n) is 4.52. The van der Waals surface area contributed by atoms with E-state index < -0.39 is 0 Å². The van der Waals surface area contributed by atoms with Crippen molar-refractivity contribution in [2.45, 2.75) is 26.7 Å². The summed E-state index contributed by atoms with van der Waals surface area (Å²) in [7, 11) is 0. The zero-order valence-corrected chi connectivity index (χ0v) is 8.14. The molecule has 0 aromatic carbocycles. The first kappa shape index (κ1) is 10.2. The Labute approximate surface area is 78.5 Å². The van der Waals surface area contributed by atoms with E-state index in [4.69, 9.17) is 9.47 Å². The Morgan fingerprint density at radius 1 is 1.46 bits per heavy atom. The summed E-state index contributed by atoms with van der Waals surface area (Å²) in [6, 6.07) is 0. The highest BCUT2D eigenvalue weighted by molar-refractivity contribution is 4.73. The summed E-state index contributed by atoms with van der Waals surface area (Å²) in [5, 5.41) is 0. The van der Waals surface area contributed by atoms with Crippen molar-refractivity contribution in [3.63, 3.8) is 0 Å². The maximum atomic E-state index is 5.38. The maximum absolute atomic E-state index is 5.38. The van der Waals surface area contributed by atoms with Crippen molar-refractivity contribution < 1.29 is 9.47 Å². The molecular formula is C9H16N2O2. The molecule has 0 spiro atoms. The van der Waals surface area contributed by atoms with Crippen LogP contribution in [0.25, 0.3) is 0 Å². The fourth-order valence-corrected chi connectivity index (χ4v) is 1.03. The van der Waals surface area contributed by atoms with Crippen molar-refractivity contribution in [1.29, 1.82) is 0 Å². The van der Waals surface area contributed by atoms with Crippen LogP contribution in [0.4, 0.5) is 0 Å². The van der Waals surface area contributed by atoms with Crippen LogP contribution >= 0.6 is 0 Å². The fraction of sp³-hybridized carbons (Fsp3) is 0.667. The van der Waals surface area contributed by atoms with Gasteiger partial charge in [-0.15, -0.1) is 0 Å². The van der Waals surface area contributed by atoms with Crippen LogP contribution in [-0.4, -0.2) is 29.1 Å². The van der Waals surface area contributed by atoms with Crippen molar-refractivity contribution in [1.82, 2.24) is 9.55 Å². The van der Waals surface area contributed by atoms with Crippen LogP contribution in [0, 0.1) is 0 Å². The molecule has 0 aliphatic carbocycles. The average molecular weight is 184 g/mol. The highest BCUT2D eigenvalue weighted by Gasteiger charge is 1.99. The lowest BCUT2D eigenvalue weighted by atomic mass is 10.6. The summed E-state index contributed by atoms with van der Waals surface area (Å²) in [5.41, 5.74) is 0. The lowest BCUT2D eigenvalue weighted by Crippen LogP contribution is -2.15. The van der Waals surface area contributed by atoms with E-state index in [-0.39, 0.29) is 6.29 Å². The Morgan fingerprint density at radius 2 is 2.31 bits per heavy atom. The van der Waals surface area contributed by atoms with E-state index in [2.05, 4.69) is 4.98 Å². The molecule has 1 unspecified atom stereocenters. The van der Waals surface area contributed by atoms with E-state index in [0.717, 1.165) is 6.54 Å². The molecule has 74 valence electrons. The molecule has 1 heterocycles. The first-order chi connectivity index (χ1) is 6.33. The van der Waals surface area contributed by atoms with Crippen molar-refractivity contribution >= 4 is 0 Å². The second kappa shape index (κ2) is 5.72. The van der Waals surface area contributed by atoms with E-state index in [1.807, 2.05) is 24.6 Å². The maximum Gasteiger partial charge on any atom is 0.154 e. The van der Waals surface area contributed by atoms with Gasteiger partial charge in [0.2, 0.25) is 0 Å². The molecule has 13 heavy (non-hydrogen) atoms. The van der Waals surface area contributed by atoms with Crippen LogP contribution in [-0.2, 0) is 16.0 Å². The number of nitrogens with zero attached hydrogens (tertiary/aromatic N) is 2. The third kappa shape index (κ3) is 4.05. The minimum absolute atomic E-state index is 0.117. The lowest BCUT2D eigenvalue weighted by Gasteiger charge is -2.12. The normalized spacial score (nSPS) is 13.1. The topological polar surface area (TPSA) is 36.3 Å². The van der Waals surface area contributed by atoms with Gasteiger partial charge in [-0.25, -0.2) is 4.98 Å². The van der Waals surface area contributed by atoms with Gasteiger partial charge in [0.1, 0.15) is 0 Å². The molecule has 0 aliphatic rings. The largest absolute Gasteiger partial charge is 0.353 e. The Balaban J connectivity index is 2.07. The van der Waals surface area contributed by atoms with Gasteiger partial charge in [-0.1, -0.05) is 0 Å². The fourth-order valence-electron chi connectivity index (χ4n) is 1.03. The molecule has 0 fully saturated rings. The lowest BCUT2D eigenvalue weighted by molar-refractivity contribution is -0.128. The minimum atomic E-state index is -0.117. The van der Waals surface area contributed by atoms with E-state index >= 15 is 0 Å². The van der Waals surface area contributed by atoms with E-state index in [0.29, 0.717) is 13.2 Å². The van der Waals surface area contributed by atoms with Gasteiger partial charge < -0.3 is 14.0 Å². The molecule has 0 bridgehead atoms. The third-order valence-electron chi connectivity index (χ3n) is 1.66. The second-order valence-electron chi connectivity index (χ2n) is 2.69. The summed E-state index contributed by atoms with van der Waals surface area (Å²) in [6.45, 7) is 6.01. The van der Waals surface area contributed by atoms with Crippen LogP contribution in [0.3, 0.4) is 0 Å². The first-order valence-corrected chi connectivity index (χ1v) is 4.52. The van der Waals surface area contributed by atoms with Gasteiger partial charge in [0.15, 0.2) is 6.29 Å².